The van der Waals surface area contributed by atoms with Gasteiger partial charge >= 0.3 is 5.97 Å². The van der Waals surface area contributed by atoms with E-state index in [4.69, 9.17) is 5.11 Å². The van der Waals surface area contributed by atoms with Crippen LogP contribution in [0.2, 0.25) is 0 Å². The minimum absolute atomic E-state index is 0.590. The highest BCUT2D eigenvalue weighted by atomic mass is 16.4. The molecule has 0 bridgehead atoms. The second kappa shape index (κ2) is 6.91. The Bertz CT molecular complexity index is 590. The number of carboxylic acid groups (broad SMARTS) is 1. The van der Waals surface area contributed by atoms with Gasteiger partial charge in [0.1, 0.15) is 6.07 Å². The zero-order valence-electron chi connectivity index (χ0n) is 12.1. The lowest BCUT2D eigenvalue weighted by Gasteiger charge is -2.24. The zero-order chi connectivity index (χ0) is 15.2. The Labute approximate surface area is 124 Å². The molecule has 0 saturated carbocycles. The Kier molecular flexibility index (Phi) is 4.96. The van der Waals surface area contributed by atoms with Gasteiger partial charge in [0.2, 0.25) is 0 Å². The summed E-state index contributed by atoms with van der Waals surface area (Å²) in [6.07, 6.45) is 3.66. The second-order valence-electron chi connectivity index (χ2n) is 5.20. The number of nitriles is 1. The topological polar surface area (TPSA) is 67.6 Å². The lowest BCUT2D eigenvalue weighted by Crippen LogP contribution is -2.29. The SMILES string of the molecule is CN1CCCN(c2ccc(/C=C/C(=O)O)cc2C#N)CC1. The first kappa shape index (κ1) is 15.1. The van der Waals surface area contributed by atoms with Crippen LogP contribution in [0.3, 0.4) is 0 Å². The van der Waals surface area contributed by atoms with E-state index in [1.165, 1.54) is 6.08 Å². The fourth-order valence-electron chi connectivity index (χ4n) is 2.48. The van der Waals surface area contributed by atoms with E-state index in [1.807, 2.05) is 12.1 Å². The molecule has 1 aromatic rings. The van der Waals surface area contributed by atoms with Crippen molar-refractivity contribution in [2.45, 2.75) is 6.42 Å². The molecule has 0 spiro atoms. The van der Waals surface area contributed by atoms with Crippen LogP contribution in [0.4, 0.5) is 5.69 Å². The maximum atomic E-state index is 10.5. The number of anilines is 1. The summed E-state index contributed by atoms with van der Waals surface area (Å²) in [6.45, 7) is 3.88. The predicted molar refractivity (Wildman–Crippen MR) is 82.2 cm³/mol. The third-order valence-electron chi connectivity index (χ3n) is 3.62. The minimum Gasteiger partial charge on any atom is -0.478 e. The Balaban J connectivity index is 2.24. The van der Waals surface area contributed by atoms with Gasteiger partial charge in [0, 0.05) is 25.7 Å². The molecule has 0 amide bonds. The third kappa shape index (κ3) is 4.07. The molecular weight excluding hydrogens is 266 g/mol. The molecule has 2 rings (SSSR count). The van der Waals surface area contributed by atoms with Gasteiger partial charge in [-0.25, -0.2) is 4.79 Å². The van der Waals surface area contributed by atoms with Gasteiger partial charge in [-0.3, -0.25) is 0 Å². The lowest BCUT2D eigenvalue weighted by molar-refractivity contribution is -0.131. The van der Waals surface area contributed by atoms with Gasteiger partial charge in [-0.15, -0.1) is 0 Å². The van der Waals surface area contributed by atoms with Crippen LogP contribution >= 0.6 is 0 Å². The predicted octanol–water partition coefficient (Wildman–Crippen LogP) is 1.80. The highest BCUT2D eigenvalue weighted by Gasteiger charge is 2.15. The number of hydrogen-bond donors (Lipinski definition) is 1. The van der Waals surface area contributed by atoms with E-state index >= 15 is 0 Å². The molecule has 1 N–H and O–H groups in total. The Morgan fingerprint density at radius 2 is 2.14 bits per heavy atom. The third-order valence-corrected chi connectivity index (χ3v) is 3.62. The van der Waals surface area contributed by atoms with E-state index in [9.17, 15) is 10.1 Å². The van der Waals surface area contributed by atoms with Crippen molar-refractivity contribution in [2.24, 2.45) is 0 Å². The van der Waals surface area contributed by atoms with Crippen molar-refractivity contribution in [1.82, 2.24) is 4.90 Å². The fourth-order valence-corrected chi connectivity index (χ4v) is 2.48. The van der Waals surface area contributed by atoms with Gasteiger partial charge in [0.15, 0.2) is 0 Å². The molecule has 1 aliphatic rings. The summed E-state index contributed by atoms with van der Waals surface area (Å²) < 4.78 is 0. The maximum Gasteiger partial charge on any atom is 0.328 e. The molecular formula is C16H19N3O2. The summed E-state index contributed by atoms with van der Waals surface area (Å²) >= 11 is 0. The Morgan fingerprint density at radius 1 is 1.33 bits per heavy atom. The summed E-state index contributed by atoms with van der Waals surface area (Å²) in [4.78, 5) is 15.1. The van der Waals surface area contributed by atoms with Gasteiger partial charge < -0.3 is 14.9 Å². The average molecular weight is 285 g/mol. The van der Waals surface area contributed by atoms with Crippen LogP contribution in [0.5, 0.6) is 0 Å². The van der Waals surface area contributed by atoms with Crippen LogP contribution < -0.4 is 4.90 Å². The zero-order valence-corrected chi connectivity index (χ0v) is 12.1. The maximum absolute atomic E-state index is 10.5. The molecule has 1 heterocycles. The molecule has 0 atom stereocenters. The number of hydrogen-bond acceptors (Lipinski definition) is 4. The van der Waals surface area contributed by atoms with Crippen molar-refractivity contribution in [3.63, 3.8) is 0 Å². The lowest BCUT2D eigenvalue weighted by atomic mass is 10.1. The summed E-state index contributed by atoms with van der Waals surface area (Å²) in [6, 6.07) is 7.71. The number of carbonyl (C=O) groups is 1. The van der Waals surface area contributed by atoms with Crippen LogP contribution in [-0.4, -0.2) is 49.2 Å². The molecule has 1 aliphatic heterocycles. The van der Waals surface area contributed by atoms with Crippen LogP contribution in [0.25, 0.3) is 6.08 Å². The molecule has 21 heavy (non-hydrogen) atoms. The van der Waals surface area contributed by atoms with E-state index < -0.39 is 5.97 Å². The molecule has 0 radical (unpaired) electrons. The van der Waals surface area contributed by atoms with Crippen molar-refractivity contribution >= 4 is 17.7 Å². The molecule has 110 valence electrons. The molecule has 0 unspecified atom stereocenters. The van der Waals surface area contributed by atoms with Gasteiger partial charge in [-0.1, -0.05) is 6.07 Å². The standard InChI is InChI=1S/C16H19N3O2/c1-18-7-2-8-19(10-9-18)15-5-3-13(4-6-16(20)21)11-14(15)12-17/h3-6,11H,2,7-10H2,1H3,(H,20,21)/b6-4+. The van der Waals surface area contributed by atoms with Crippen molar-refractivity contribution in [3.8, 4) is 6.07 Å². The number of aliphatic carboxylic acids is 1. The first-order valence-electron chi connectivity index (χ1n) is 6.99. The normalized spacial score (nSPS) is 16.7. The molecule has 1 saturated heterocycles. The summed E-state index contributed by atoms with van der Waals surface area (Å²) in [5.74, 6) is -0.992. The first-order chi connectivity index (χ1) is 10.1. The molecule has 0 aliphatic carbocycles. The highest BCUT2D eigenvalue weighted by Crippen LogP contribution is 2.23. The highest BCUT2D eigenvalue weighted by molar-refractivity contribution is 5.85. The van der Waals surface area contributed by atoms with Gasteiger partial charge in [0.25, 0.3) is 0 Å². The number of rotatable bonds is 3. The van der Waals surface area contributed by atoms with E-state index in [2.05, 4.69) is 22.9 Å². The minimum atomic E-state index is -0.992. The fraction of sp³-hybridized carbons (Fsp3) is 0.375. The van der Waals surface area contributed by atoms with Crippen LogP contribution in [-0.2, 0) is 4.79 Å². The van der Waals surface area contributed by atoms with Crippen molar-refractivity contribution < 1.29 is 9.90 Å². The Morgan fingerprint density at radius 3 is 2.86 bits per heavy atom. The van der Waals surface area contributed by atoms with E-state index in [0.717, 1.165) is 49.9 Å². The summed E-state index contributed by atoms with van der Waals surface area (Å²) in [5, 5.41) is 18.0. The molecule has 5 nitrogen and oxygen atoms in total. The number of benzene rings is 1. The van der Waals surface area contributed by atoms with Crippen molar-refractivity contribution in [3.05, 3.63) is 35.4 Å². The van der Waals surface area contributed by atoms with Crippen LogP contribution in [0, 0.1) is 11.3 Å². The van der Waals surface area contributed by atoms with Crippen molar-refractivity contribution in [1.29, 1.82) is 5.26 Å². The van der Waals surface area contributed by atoms with Crippen LogP contribution in [0.15, 0.2) is 24.3 Å². The first-order valence-corrected chi connectivity index (χ1v) is 6.99. The number of nitrogens with zero attached hydrogens (tertiary/aromatic N) is 3. The summed E-state index contributed by atoms with van der Waals surface area (Å²) in [7, 11) is 2.11. The molecule has 1 fully saturated rings. The number of likely N-dealkylation sites (N-methyl/N-ethyl adjacent to an activating group) is 1. The van der Waals surface area contributed by atoms with Gasteiger partial charge in [-0.2, -0.15) is 5.26 Å². The van der Waals surface area contributed by atoms with E-state index in [0.29, 0.717) is 5.56 Å². The monoisotopic (exact) mass is 285 g/mol. The largest absolute Gasteiger partial charge is 0.478 e. The molecule has 1 aromatic carbocycles. The Hall–Kier alpha value is -2.32. The molecule has 0 aromatic heterocycles. The van der Waals surface area contributed by atoms with E-state index in [1.54, 1.807) is 6.07 Å². The van der Waals surface area contributed by atoms with Crippen molar-refractivity contribution in [2.75, 3.05) is 38.1 Å². The quantitative estimate of drug-likeness (QED) is 0.858. The van der Waals surface area contributed by atoms with E-state index in [-0.39, 0.29) is 0 Å². The average Bonchev–Trinajstić information content (AvgIpc) is 2.69. The second-order valence-corrected chi connectivity index (χ2v) is 5.20. The smallest absolute Gasteiger partial charge is 0.328 e. The number of carboxylic acids is 1. The van der Waals surface area contributed by atoms with Gasteiger partial charge in [-0.05, 0) is 43.8 Å². The van der Waals surface area contributed by atoms with Gasteiger partial charge in [0.05, 0.1) is 11.3 Å². The van der Waals surface area contributed by atoms with Crippen LogP contribution in [0.1, 0.15) is 17.5 Å². The molecule has 5 heteroatoms. The summed E-state index contributed by atoms with van der Waals surface area (Å²) in [5.41, 5.74) is 2.25.